The smallest absolute Gasteiger partial charge is 0.0805 e. The zero-order chi connectivity index (χ0) is 13.7. The first-order valence-corrected chi connectivity index (χ1v) is 7.47. The van der Waals surface area contributed by atoms with Gasteiger partial charge >= 0.3 is 0 Å². The maximum atomic E-state index is 6.14. The predicted octanol–water partition coefficient (Wildman–Crippen LogP) is 2.44. The Balaban J connectivity index is 1.79. The van der Waals surface area contributed by atoms with Gasteiger partial charge in [-0.2, -0.15) is 5.10 Å². The second kappa shape index (κ2) is 6.53. The van der Waals surface area contributed by atoms with Gasteiger partial charge < -0.3 is 10.5 Å². The summed E-state index contributed by atoms with van der Waals surface area (Å²) in [6, 6.07) is 1.94. The van der Waals surface area contributed by atoms with Crippen molar-refractivity contribution in [1.82, 2.24) is 9.78 Å². The van der Waals surface area contributed by atoms with Crippen molar-refractivity contribution in [3.63, 3.8) is 0 Å². The molecule has 1 heterocycles. The molecule has 1 aliphatic rings. The molecule has 108 valence electrons. The predicted molar refractivity (Wildman–Crippen MR) is 76.8 cm³/mol. The van der Waals surface area contributed by atoms with Crippen LogP contribution in [0, 0.1) is 11.8 Å². The standard InChI is InChI=1S/C15H27N3O/c1-13(2)14-4-6-15(12-16,7-5-14)19-11-10-18-9-3-8-17-18/h3,8-9,13-14H,4-7,10-12,16H2,1-2H3. The van der Waals surface area contributed by atoms with Crippen molar-refractivity contribution in [3.8, 4) is 0 Å². The van der Waals surface area contributed by atoms with Gasteiger partial charge in [0.2, 0.25) is 0 Å². The van der Waals surface area contributed by atoms with Crippen LogP contribution >= 0.6 is 0 Å². The van der Waals surface area contributed by atoms with Crippen molar-refractivity contribution in [2.75, 3.05) is 13.2 Å². The molecule has 0 atom stereocenters. The van der Waals surface area contributed by atoms with Gasteiger partial charge in [0, 0.05) is 18.9 Å². The Kier molecular flexibility index (Phi) is 4.99. The molecule has 0 spiro atoms. The molecule has 1 saturated carbocycles. The first-order chi connectivity index (χ1) is 9.15. The molecule has 4 heteroatoms. The van der Waals surface area contributed by atoms with E-state index in [4.69, 9.17) is 10.5 Å². The van der Waals surface area contributed by atoms with E-state index in [1.807, 2.05) is 16.9 Å². The number of nitrogens with zero attached hydrogens (tertiary/aromatic N) is 2. The largest absolute Gasteiger partial charge is 0.372 e. The number of rotatable bonds is 6. The Morgan fingerprint density at radius 3 is 2.68 bits per heavy atom. The number of ether oxygens (including phenoxy) is 1. The van der Waals surface area contributed by atoms with Crippen LogP contribution in [0.15, 0.2) is 18.5 Å². The third kappa shape index (κ3) is 3.80. The number of hydrogen-bond donors (Lipinski definition) is 1. The van der Waals surface area contributed by atoms with Gasteiger partial charge in [-0.3, -0.25) is 4.68 Å². The molecule has 4 nitrogen and oxygen atoms in total. The summed E-state index contributed by atoms with van der Waals surface area (Å²) in [5.74, 6) is 1.62. The monoisotopic (exact) mass is 265 g/mol. The SMILES string of the molecule is CC(C)C1CCC(CN)(OCCn2cccn2)CC1. The molecule has 2 N–H and O–H groups in total. The fourth-order valence-electron chi connectivity index (χ4n) is 3.03. The third-order valence-corrected chi connectivity index (χ3v) is 4.54. The van der Waals surface area contributed by atoms with Gasteiger partial charge in [0.25, 0.3) is 0 Å². The summed E-state index contributed by atoms with van der Waals surface area (Å²) in [6.45, 7) is 6.78. The summed E-state index contributed by atoms with van der Waals surface area (Å²) in [5, 5.41) is 4.19. The highest BCUT2D eigenvalue weighted by molar-refractivity contribution is 4.89. The topological polar surface area (TPSA) is 53.1 Å². The van der Waals surface area contributed by atoms with Crippen LogP contribution in [-0.2, 0) is 11.3 Å². The van der Waals surface area contributed by atoms with Crippen molar-refractivity contribution in [3.05, 3.63) is 18.5 Å². The van der Waals surface area contributed by atoms with Crippen LogP contribution in [-0.4, -0.2) is 28.5 Å². The average molecular weight is 265 g/mol. The summed E-state index contributed by atoms with van der Waals surface area (Å²) in [4.78, 5) is 0. The summed E-state index contributed by atoms with van der Waals surface area (Å²) >= 11 is 0. The zero-order valence-electron chi connectivity index (χ0n) is 12.2. The summed E-state index contributed by atoms with van der Waals surface area (Å²) in [5.41, 5.74) is 5.89. The molecule has 2 rings (SSSR count). The average Bonchev–Trinajstić information content (AvgIpc) is 2.92. The Morgan fingerprint density at radius 1 is 1.42 bits per heavy atom. The van der Waals surface area contributed by atoms with Gasteiger partial charge in [0.1, 0.15) is 0 Å². The van der Waals surface area contributed by atoms with Crippen LogP contribution in [0.2, 0.25) is 0 Å². The first kappa shape index (κ1) is 14.5. The summed E-state index contributed by atoms with van der Waals surface area (Å²) in [7, 11) is 0. The van der Waals surface area contributed by atoms with E-state index in [1.54, 1.807) is 6.20 Å². The van der Waals surface area contributed by atoms with Crippen molar-refractivity contribution in [1.29, 1.82) is 0 Å². The molecule has 0 bridgehead atoms. The van der Waals surface area contributed by atoms with Gasteiger partial charge in [-0.05, 0) is 43.6 Å². The molecule has 0 aromatic carbocycles. The van der Waals surface area contributed by atoms with Crippen LogP contribution in [0.3, 0.4) is 0 Å². The molecule has 1 aromatic rings. The molecular formula is C15H27N3O. The first-order valence-electron chi connectivity index (χ1n) is 7.47. The maximum Gasteiger partial charge on any atom is 0.0805 e. The molecule has 0 unspecified atom stereocenters. The Hall–Kier alpha value is -0.870. The Bertz CT molecular complexity index is 353. The molecule has 0 aliphatic heterocycles. The van der Waals surface area contributed by atoms with E-state index in [-0.39, 0.29) is 5.60 Å². The van der Waals surface area contributed by atoms with Crippen molar-refractivity contribution in [2.45, 2.75) is 51.7 Å². The van der Waals surface area contributed by atoms with E-state index in [0.29, 0.717) is 13.2 Å². The number of nitrogens with two attached hydrogens (primary N) is 1. The Morgan fingerprint density at radius 2 is 2.16 bits per heavy atom. The third-order valence-electron chi connectivity index (χ3n) is 4.54. The lowest BCUT2D eigenvalue weighted by Crippen LogP contribution is -2.45. The molecule has 0 saturated heterocycles. The van der Waals surface area contributed by atoms with E-state index < -0.39 is 0 Å². The fourth-order valence-corrected chi connectivity index (χ4v) is 3.03. The molecule has 1 fully saturated rings. The lowest BCUT2D eigenvalue weighted by atomic mass is 9.74. The van der Waals surface area contributed by atoms with Gasteiger partial charge in [-0.15, -0.1) is 0 Å². The molecule has 1 aliphatic carbocycles. The highest BCUT2D eigenvalue weighted by atomic mass is 16.5. The van der Waals surface area contributed by atoms with Gasteiger partial charge in [0.05, 0.1) is 18.8 Å². The quantitative estimate of drug-likeness (QED) is 0.859. The van der Waals surface area contributed by atoms with E-state index in [2.05, 4.69) is 18.9 Å². The molecule has 19 heavy (non-hydrogen) atoms. The summed E-state index contributed by atoms with van der Waals surface area (Å²) < 4.78 is 8.04. The van der Waals surface area contributed by atoms with Crippen molar-refractivity contribution in [2.24, 2.45) is 17.6 Å². The van der Waals surface area contributed by atoms with Gasteiger partial charge in [0.15, 0.2) is 0 Å². The molecule has 0 radical (unpaired) electrons. The minimum atomic E-state index is -0.0848. The Labute approximate surface area is 116 Å². The number of hydrogen-bond acceptors (Lipinski definition) is 3. The van der Waals surface area contributed by atoms with Gasteiger partial charge in [-0.25, -0.2) is 0 Å². The van der Waals surface area contributed by atoms with E-state index in [1.165, 1.54) is 12.8 Å². The zero-order valence-corrected chi connectivity index (χ0v) is 12.2. The van der Waals surface area contributed by atoms with Crippen LogP contribution < -0.4 is 5.73 Å². The lowest BCUT2D eigenvalue weighted by molar-refractivity contribution is -0.0775. The van der Waals surface area contributed by atoms with Crippen molar-refractivity contribution >= 4 is 0 Å². The lowest BCUT2D eigenvalue weighted by Gasteiger charge is -2.40. The van der Waals surface area contributed by atoms with Crippen LogP contribution in [0.25, 0.3) is 0 Å². The molecule has 0 amide bonds. The molecule has 1 aromatic heterocycles. The van der Waals surface area contributed by atoms with Crippen molar-refractivity contribution < 1.29 is 4.74 Å². The number of aromatic nitrogens is 2. The maximum absolute atomic E-state index is 6.14. The highest BCUT2D eigenvalue weighted by Gasteiger charge is 2.35. The van der Waals surface area contributed by atoms with E-state index in [0.717, 1.165) is 31.2 Å². The minimum absolute atomic E-state index is 0.0848. The second-order valence-corrected chi connectivity index (χ2v) is 6.09. The minimum Gasteiger partial charge on any atom is -0.372 e. The molecular weight excluding hydrogens is 238 g/mol. The van der Waals surface area contributed by atoms with Gasteiger partial charge in [-0.1, -0.05) is 13.8 Å². The van der Waals surface area contributed by atoms with Crippen LogP contribution in [0.1, 0.15) is 39.5 Å². The fraction of sp³-hybridized carbons (Fsp3) is 0.800. The van der Waals surface area contributed by atoms with E-state index >= 15 is 0 Å². The summed E-state index contributed by atoms with van der Waals surface area (Å²) in [6.07, 6.45) is 8.46. The van der Waals surface area contributed by atoms with Crippen LogP contribution in [0.4, 0.5) is 0 Å². The second-order valence-electron chi connectivity index (χ2n) is 6.09. The highest BCUT2D eigenvalue weighted by Crippen LogP contribution is 2.37. The van der Waals surface area contributed by atoms with E-state index in [9.17, 15) is 0 Å². The van der Waals surface area contributed by atoms with Crippen LogP contribution in [0.5, 0.6) is 0 Å². The normalized spacial score (nSPS) is 27.9.